The van der Waals surface area contributed by atoms with Gasteiger partial charge in [-0.3, -0.25) is 0 Å². The lowest BCUT2D eigenvalue weighted by Gasteiger charge is -2.26. The van der Waals surface area contributed by atoms with Crippen molar-refractivity contribution in [3.8, 4) is 0 Å². The van der Waals surface area contributed by atoms with Gasteiger partial charge >= 0.3 is 0 Å². The molecule has 0 heterocycles. The van der Waals surface area contributed by atoms with Gasteiger partial charge in [-0.05, 0) is 0 Å². The average molecular weight is 203 g/mol. The standard InChI is InChI=1S/C10H21NO3/c1-9(2,5-11-13)7-14-8-10(3,4)6-12/h12H,5-8H2,1-4H3. The van der Waals surface area contributed by atoms with Crippen LogP contribution in [0.25, 0.3) is 0 Å². The van der Waals surface area contributed by atoms with Gasteiger partial charge < -0.3 is 9.84 Å². The summed E-state index contributed by atoms with van der Waals surface area (Å²) in [6.45, 7) is 9.05. The van der Waals surface area contributed by atoms with Gasteiger partial charge in [0.1, 0.15) is 0 Å². The second-order valence-electron chi connectivity index (χ2n) is 5.27. The molecule has 0 saturated carbocycles. The molecule has 0 radical (unpaired) electrons. The Bertz CT molecular complexity index is 178. The van der Waals surface area contributed by atoms with E-state index in [1.54, 1.807) is 0 Å². The minimum Gasteiger partial charge on any atom is -0.396 e. The van der Waals surface area contributed by atoms with Crippen molar-refractivity contribution in [2.45, 2.75) is 27.7 Å². The number of hydrogen-bond acceptors (Lipinski definition) is 4. The van der Waals surface area contributed by atoms with Crippen LogP contribution in [0.3, 0.4) is 0 Å². The lowest BCUT2D eigenvalue weighted by Crippen LogP contribution is -2.29. The molecule has 0 rings (SSSR count). The average Bonchev–Trinajstić information content (AvgIpc) is 2.03. The predicted octanol–water partition coefficient (Wildman–Crippen LogP) is 1.81. The number of nitroso groups, excluding NO2 is 1. The molecule has 0 unspecified atom stereocenters. The van der Waals surface area contributed by atoms with Crippen LogP contribution in [0.2, 0.25) is 0 Å². The SMILES string of the molecule is CC(C)(CO)COCC(C)(C)CN=O. The van der Waals surface area contributed by atoms with Crippen LogP contribution in [-0.4, -0.2) is 31.5 Å². The zero-order valence-electron chi connectivity index (χ0n) is 9.54. The van der Waals surface area contributed by atoms with E-state index >= 15 is 0 Å². The molecule has 0 aromatic rings. The zero-order chi connectivity index (χ0) is 11.2. The Morgan fingerprint density at radius 1 is 1.14 bits per heavy atom. The number of aliphatic hydroxyl groups excluding tert-OH is 1. The molecular weight excluding hydrogens is 182 g/mol. The van der Waals surface area contributed by atoms with Crippen LogP contribution in [0, 0.1) is 15.7 Å². The fourth-order valence-electron chi connectivity index (χ4n) is 0.870. The molecule has 1 N–H and O–H groups in total. The van der Waals surface area contributed by atoms with Gasteiger partial charge in [0.15, 0.2) is 0 Å². The summed E-state index contributed by atoms with van der Waals surface area (Å²) < 4.78 is 5.45. The molecule has 84 valence electrons. The van der Waals surface area contributed by atoms with Crippen molar-refractivity contribution in [2.24, 2.45) is 16.0 Å². The third-order valence-electron chi connectivity index (χ3n) is 1.91. The van der Waals surface area contributed by atoms with Crippen LogP contribution in [-0.2, 0) is 4.74 Å². The Labute approximate surface area is 85.6 Å². The molecule has 0 atom stereocenters. The van der Waals surface area contributed by atoms with Crippen molar-refractivity contribution >= 4 is 0 Å². The molecule has 0 fully saturated rings. The lowest BCUT2D eigenvalue weighted by atomic mass is 9.94. The Kier molecular flexibility index (Phi) is 5.23. The fraction of sp³-hybridized carbons (Fsp3) is 1.00. The maximum atomic E-state index is 10.1. The first-order valence-corrected chi connectivity index (χ1v) is 4.81. The van der Waals surface area contributed by atoms with Gasteiger partial charge in [0.25, 0.3) is 0 Å². The summed E-state index contributed by atoms with van der Waals surface area (Å²) >= 11 is 0. The lowest BCUT2D eigenvalue weighted by molar-refractivity contribution is -0.00331. The third-order valence-corrected chi connectivity index (χ3v) is 1.91. The molecule has 0 spiro atoms. The zero-order valence-corrected chi connectivity index (χ0v) is 9.54. The number of hydrogen-bond donors (Lipinski definition) is 1. The second-order valence-corrected chi connectivity index (χ2v) is 5.27. The first-order valence-electron chi connectivity index (χ1n) is 4.81. The highest BCUT2D eigenvalue weighted by Crippen LogP contribution is 2.19. The molecule has 0 aliphatic heterocycles. The number of nitrogens with zero attached hydrogens (tertiary/aromatic N) is 1. The number of aliphatic hydroxyl groups is 1. The van der Waals surface area contributed by atoms with E-state index in [1.807, 2.05) is 27.7 Å². The minimum atomic E-state index is -0.218. The third kappa shape index (κ3) is 6.05. The summed E-state index contributed by atoms with van der Waals surface area (Å²) in [5.74, 6) is 0. The van der Waals surface area contributed by atoms with Crippen LogP contribution in [0.4, 0.5) is 0 Å². The highest BCUT2D eigenvalue weighted by molar-refractivity contribution is 4.72. The van der Waals surface area contributed by atoms with Crippen molar-refractivity contribution in [1.29, 1.82) is 0 Å². The summed E-state index contributed by atoms with van der Waals surface area (Å²) in [5, 5.41) is 11.8. The molecule has 0 amide bonds. The molecular formula is C10H21NO3. The second kappa shape index (κ2) is 5.41. The van der Waals surface area contributed by atoms with Crippen LogP contribution < -0.4 is 0 Å². The molecule has 0 saturated heterocycles. The van der Waals surface area contributed by atoms with Crippen LogP contribution in [0.15, 0.2) is 5.18 Å². The smallest absolute Gasteiger partial charge is 0.0884 e. The normalized spacial score (nSPS) is 12.9. The Balaban J connectivity index is 3.78. The summed E-state index contributed by atoms with van der Waals surface area (Å²) in [7, 11) is 0. The van der Waals surface area contributed by atoms with Crippen molar-refractivity contribution in [2.75, 3.05) is 26.4 Å². The topological polar surface area (TPSA) is 58.9 Å². The quantitative estimate of drug-likeness (QED) is 0.642. The number of ether oxygens (including phenoxy) is 1. The maximum Gasteiger partial charge on any atom is 0.0884 e. The van der Waals surface area contributed by atoms with E-state index in [1.165, 1.54) is 0 Å². The summed E-state index contributed by atoms with van der Waals surface area (Å²) in [4.78, 5) is 10.1. The maximum absolute atomic E-state index is 10.1. The van der Waals surface area contributed by atoms with Gasteiger partial charge in [-0.15, -0.1) is 0 Å². The molecule has 0 aromatic carbocycles. The van der Waals surface area contributed by atoms with E-state index in [4.69, 9.17) is 9.84 Å². The van der Waals surface area contributed by atoms with E-state index in [2.05, 4.69) is 5.18 Å². The fourth-order valence-corrected chi connectivity index (χ4v) is 0.870. The van der Waals surface area contributed by atoms with E-state index in [0.29, 0.717) is 13.2 Å². The van der Waals surface area contributed by atoms with Gasteiger partial charge in [0.05, 0.1) is 26.4 Å². The first kappa shape index (κ1) is 13.5. The highest BCUT2D eigenvalue weighted by atomic mass is 16.5. The van der Waals surface area contributed by atoms with Crippen LogP contribution >= 0.6 is 0 Å². The van der Waals surface area contributed by atoms with Crippen molar-refractivity contribution < 1.29 is 9.84 Å². The largest absolute Gasteiger partial charge is 0.396 e. The monoisotopic (exact) mass is 203 g/mol. The predicted molar refractivity (Wildman–Crippen MR) is 56.1 cm³/mol. The molecule has 0 aliphatic carbocycles. The first-order chi connectivity index (χ1) is 6.33. The summed E-state index contributed by atoms with van der Waals surface area (Å²) in [6, 6.07) is 0. The van der Waals surface area contributed by atoms with Gasteiger partial charge in [-0.25, -0.2) is 0 Å². The van der Waals surface area contributed by atoms with Crippen molar-refractivity contribution in [3.05, 3.63) is 4.91 Å². The van der Waals surface area contributed by atoms with Crippen molar-refractivity contribution in [1.82, 2.24) is 0 Å². The summed E-state index contributed by atoms with van der Waals surface area (Å²) in [6.07, 6.45) is 0. The molecule has 0 aliphatic rings. The minimum absolute atomic E-state index is 0.0966. The van der Waals surface area contributed by atoms with E-state index in [9.17, 15) is 4.91 Å². The number of rotatable bonds is 7. The Hall–Kier alpha value is -0.480. The van der Waals surface area contributed by atoms with Gasteiger partial charge in [0.2, 0.25) is 0 Å². The molecule has 14 heavy (non-hydrogen) atoms. The Morgan fingerprint density at radius 2 is 1.64 bits per heavy atom. The summed E-state index contributed by atoms with van der Waals surface area (Å²) in [5.41, 5.74) is -0.433. The van der Waals surface area contributed by atoms with E-state index in [-0.39, 0.29) is 24.0 Å². The van der Waals surface area contributed by atoms with E-state index < -0.39 is 0 Å². The highest BCUT2D eigenvalue weighted by Gasteiger charge is 2.22. The van der Waals surface area contributed by atoms with Gasteiger partial charge in [-0.1, -0.05) is 32.9 Å². The molecule has 0 aromatic heterocycles. The van der Waals surface area contributed by atoms with Crippen LogP contribution in [0.1, 0.15) is 27.7 Å². The van der Waals surface area contributed by atoms with Crippen molar-refractivity contribution in [3.63, 3.8) is 0 Å². The Morgan fingerprint density at radius 3 is 2.07 bits per heavy atom. The van der Waals surface area contributed by atoms with E-state index in [0.717, 1.165) is 0 Å². The molecule has 0 bridgehead atoms. The van der Waals surface area contributed by atoms with Gasteiger partial charge in [0, 0.05) is 10.8 Å². The molecule has 4 nitrogen and oxygen atoms in total. The molecule has 4 heteroatoms. The van der Waals surface area contributed by atoms with Gasteiger partial charge in [-0.2, -0.15) is 4.91 Å². The van der Waals surface area contributed by atoms with Crippen LogP contribution in [0.5, 0.6) is 0 Å².